The Bertz CT molecular complexity index is 537. The molecule has 0 spiro atoms. The second-order valence-electron chi connectivity index (χ2n) is 4.68. The molecule has 0 unspecified atom stereocenters. The number of sulfonamides is 1. The van der Waals surface area contributed by atoms with E-state index in [4.69, 9.17) is 5.73 Å². The normalized spacial score (nSPS) is 19.1. The monoisotopic (exact) mass is 332 g/mol. The fraction of sp³-hybridized carbons (Fsp3) is 0.500. The first kappa shape index (κ1) is 14.0. The minimum absolute atomic E-state index is 0.123. The average Bonchev–Trinajstić information content (AvgIpc) is 2.32. The Morgan fingerprint density at radius 2 is 1.94 bits per heavy atom. The molecular formula is C12H17BrN2O2S. The highest BCUT2D eigenvalue weighted by Gasteiger charge is 2.29. The van der Waals surface area contributed by atoms with Gasteiger partial charge in [0.05, 0.1) is 4.90 Å². The molecule has 0 radical (unpaired) electrons. The van der Waals surface area contributed by atoms with Crippen molar-refractivity contribution in [3.05, 3.63) is 28.2 Å². The van der Waals surface area contributed by atoms with Crippen LogP contribution < -0.4 is 5.73 Å². The van der Waals surface area contributed by atoms with Crippen LogP contribution in [0.1, 0.15) is 18.4 Å². The largest absolute Gasteiger partial charge is 0.328 e. The Kier molecular flexibility index (Phi) is 4.11. The summed E-state index contributed by atoms with van der Waals surface area (Å²) in [5, 5.41) is 0. The van der Waals surface area contributed by atoms with Crippen molar-refractivity contribution < 1.29 is 8.42 Å². The van der Waals surface area contributed by atoms with Gasteiger partial charge in [0.1, 0.15) is 0 Å². The maximum atomic E-state index is 12.5. The topological polar surface area (TPSA) is 63.4 Å². The van der Waals surface area contributed by atoms with Crippen LogP contribution in [0.25, 0.3) is 0 Å². The Balaban J connectivity index is 2.33. The zero-order valence-corrected chi connectivity index (χ0v) is 12.7. The zero-order chi connectivity index (χ0) is 13.3. The van der Waals surface area contributed by atoms with Gasteiger partial charge in [-0.1, -0.05) is 6.07 Å². The van der Waals surface area contributed by atoms with E-state index in [1.54, 1.807) is 12.1 Å². The van der Waals surface area contributed by atoms with Crippen molar-refractivity contribution in [2.45, 2.75) is 30.7 Å². The molecule has 100 valence electrons. The molecule has 1 heterocycles. The molecular weight excluding hydrogens is 316 g/mol. The summed E-state index contributed by atoms with van der Waals surface area (Å²) in [5.74, 6) is 0. The summed E-state index contributed by atoms with van der Waals surface area (Å²) in [7, 11) is -3.41. The molecule has 2 N–H and O–H groups in total. The average molecular weight is 333 g/mol. The predicted molar refractivity (Wildman–Crippen MR) is 74.8 cm³/mol. The van der Waals surface area contributed by atoms with Gasteiger partial charge in [-0.3, -0.25) is 0 Å². The standard InChI is InChI=1S/C12H17BrN2O2S/c1-9-2-3-11(13)12(8-9)18(16,17)15-6-4-10(14)5-7-15/h2-3,8,10H,4-7,14H2,1H3. The fourth-order valence-electron chi connectivity index (χ4n) is 2.06. The highest BCUT2D eigenvalue weighted by molar-refractivity contribution is 9.10. The van der Waals surface area contributed by atoms with Crippen molar-refractivity contribution in [3.63, 3.8) is 0 Å². The number of rotatable bonds is 2. The van der Waals surface area contributed by atoms with Crippen molar-refractivity contribution in [2.24, 2.45) is 5.73 Å². The third-order valence-electron chi connectivity index (χ3n) is 3.20. The smallest absolute Gasteiger partial charge is 0.244 e. The summed E-state index contributed by atoms with van der Waals surface area (Å²) in [6.45, 7) is 2.89. The summed E-state index contributed by atoms with van der Waals surface area (Å²) in [5.41, 5.74) is 6.74. The highest BCUT2D eigenvalue weighted by Crippen LogP contribution is 2.27. The second-order valence-corrected chi connectivity index (χ2v) is 7.44. The molecule has 0 saturated carbocycles. The summed E-state index contributed by atoms with van der Waals surface area (Å²) in [6, 6.07) is 5.48. The van der Waals surface area contributed by atoms with Crippen LogP contribution in [0.4, 0.5) is 0 Å². The van der Waals surface area contributed by atoms with Gasteiger partial charge in [0.15, 0.2) is 0 Å². The number of nitrogens with zero attached hydrogens (tertiary/aromatic N) is 1. The van der Waals surface area contributed by atoms with E-state index in [-0.39, 0.29) is 6.04 Å². The summed E-state index contributed by atoms with van der Waals surface area (Å²) in [4.78, 5) is 0.345. The Labute approximate surface area is 116 Å². The minimum atomic E-state index is -3.41. The first-order valence-electron chi connectivity index (χ1n) is 5.93. The molecule has 4 nitrogen and oxygen atoms in total. The first-order valence-corrected chi connectivity index (χ1v) is 8.16. The van der Waals surface area contributed by atoms with Crippen molar-refractivity contribution in [3.8, 4) is 0 Å². The van der Waals surface area contributed by atoms with Gasteiger partial charge in [-0.2, -0.15) is 4.31 Å². The van der Waals surface area contributed by atoms with Gasteiger partial charge < -0.3 is 5.73 Å². The van der Waals surface area contributed by atoms with Crippen LogP contribution in [0, 0.1) is 6.92 Å². The number of piperidine rings is 1. The maximum absolute atomic E-state index is 12.5. The molecule has 1 aromatic rings. The summed E-state index contributed by atoms with van der Waals surface area (Å²) >= 11 is 3.31. The van der Waals surface area contributed by atoms with Gasteiger partial charge in [-0.25, -0.2) is 8.42 Å². The first-order chi connectivity index (χ1) is 8.41. The Hall–Kier alpha value is -0.430. The molecule has 0 bridgehead atoms. The maximum Gasteiger partial charge on any atom is 0.244 e. The van der Waals surface area contributed by atoms with E-state index >= 15 is 0 Å². The molecule has 0 amide bonds. The molecule has 0 aliphatic carbocycles. The van der Waals surface area contributed by atoms with Gasteiger partial charge in [0.2, 0.25) is 10.0 Å². The summed E-state index contributed by atoms with van der Waals surface area (Å²) in [6.07, 6.45) is 1.45. The van der Waals surface area contributed by atoms with Gasteiger partial charge in [-0.15, -0.1) is 0 Å². The van der Waals surface area contributed by atoms with E-state index in [0.717, 1.165) is 18.4 Å². The van der Waals surface area contributed by atoms with Crippen LogP contribution in [-0.2, 0) is 10.0 Å². The van der Waals surface area contributed by atoms with E-state index in [9.17, 15) is 8.42 Å². The highest BCUT2D eigenvalue weighted by atomic mass is 79.9. The van der Waals surface area contributed by atoms with E-state index in [2.05, 4.69) is 15.9 Å². The molecule has 1 aromatic carbocycles. The number of hydrogen-bond donors (Lipinski definition) is 1. The van der Waals surface area contributed by atoms with Crippen LogP contribution in [0.5, 0.6) is 0 Å². The number of nitrogens with two attached hydrogens (primary N) is 1. The lowest BCUT2D eigenvalue weighted by Crippen LogP contribution is -2.42. The SMILES string of the molecule is Cc1ccc(Br)c(S(=O)(=O)N2CCC(N)CC2)c1. The molecule has 18 heavy (non-hydrogen) atoms. The van der Waals surface area contributed by atoms with Crippen molar-refractivity contribution in [2.75, 3.05) is 13.1 Å². The van der Waals surface area contributed by atoms with Gasteiger partial charge in [0.25, 0.3) is 0 Å². The van der Waals surface area contributed by atoms with Gasteiger partial charge >= 0.3 is 0 Å². The van der Waals surface area contributed by atoms with Crippen molar-refractivity contribution in [1.82, 2.24) is 4.31 Å². The molecule has 0 atom stereocenters. The lowest BCUT2D eigenvalue weighted by molar-refractivity contribution is 0.320. The molecule has 1 aliphatic rings. The van der Waals surface area contributed by atoms with Crippen LogP contribution in [0.15, 0.2) is 27.6 Å². The molecule has 2 rings (SSSR count). The third kappa shape index (κ3) is 2.77. The Morgan fingerprint density at radius 3 is 2.56 bits per heavy atom. The van der Waals surface area contributed by atoms with E-state index in [0.29, 0.717) is 22.5 Å². The van der Waals surface area contributed by atoms with Gasteiger partial charge in [-0.05, 0) is 53.4 Å². The van der Waals surface area contributed by atoms with Crippen LogP contribution in [0.2, 0.25) is 0 Å². The number of halogens is 1. The lowest BCUT2D eigenvalue weighted by Gasteiger charge is -2.29. The second kappa shape index (κ2) is 5.28. The van der Waals surface area contributed by atoms with Gasteiger partial charge in [0, 0.05) is 23.6 Å². The zero-order valence-electron chi connectivity index (χ0n) is 10.3. The predicted octanol–water partition coefficient (Wildman–Crippen LogP) is 1.87. The number of aryl methyl sites for hydroxylation is 1. The Morgan fingerprint density at radius 1 is 1.33 bits per heavy atom. The van der Waals surface area contributed by atoms with E-state index in [1.807, 2.05) is 13.0 Å². The van der Waals surface area contributed by atoms with E-state index < -0.39 is 10.0 Å². The molecule has 0 aromatic heterocycles. The lowest BCUT2D eigenvalue weighted by atomic mass is 10.1. The third-order valence-corrected chi connectivity index (χ3v) is 6.10. The number of benzene rings is 1. The molecule has 1 aliphatic heterocycles. The minimum Gasteiger partial charge on any atom is -0.328 e. The molecule has 6 heteroatoms. The number of hydrogen-bond acceptors (Lipinski definition) is 3. The molecule has 1 saturated heterocycles. The summed E-state index contributed by atoms with van der Waals surface area (Å²) < 4.78 is 27.2. The molecule has 1 fully saturated rings. The van der Waals surface area contributed by atoms with Crippen LogP contribution >= 0.6 is 15.9 Å². The van der Waals surface area contributed by atoms with Crippen LogP contribution in [-0.4, -0.2) is 31.9 Å². The quantitative estimate of drug-likeness (QED) is 0.899. The van der Waals surface area contributed by atoms with Crippen molar-refractivity contribution in [1.29, 1.82) is 0 Å². The van der Waals surface area contributed by atoms with E-state index in [1.165, 1.54) is 4.31 Å². The fourth-order valence-corrected chi connectivity index (χ4v) is 4.54. The van der Waals surface area contributed by atoms with Crippen molar-refractivity contribution >= 4 is 26.0 Å². The van der Waals surface area contributed by atoms with Crippen LogP contribution in [0.3, 0.4) is 0 Å².